The van der Waals surface area contributed by atoms with E-state index in [0.29, 0.717) is 12.1 Å². The molecule has 3 rings (SSSR count). The van der Waals surface area contributed by atoms with Crippen molar-refractivity contribution in [3.05, 3.63) is 85.1 Å². The zero-order valence-electron chi connectivity index (χ0n) is 16.1. The molecule has 9 nitrogen and oxygen atoms in total. The Morgan fingerprint density at radius 3 is 2.61 bits per heavy atom. The van der Waals surface area contributed by atoms with Crippen molar-refractivity contribution in [3.63, 3.8) is 0 Å². The molecule has 0 unspecified atom stereocenters. The predicted octanol–water partition coefficient (Wildman–Crippen LogP) is 3.87. The number of carbonyl (C=O) groups excluding carboxylic acids is 1. The van der Waals surface area contributed by atoms with E-state index < -0.39 is 4.92 Å². The number of hydrogen-bond donors (Lipinski definition) is 1. The highest BCUT2D eigenvalue weighted by Gasteiger charge is 2.13. The van der Waals surface area contributed by atoms with Crippen LogP contribution in [0.5, 0.6) is 0 Å². The van der Waals surface area contributed by atoms with Gasteiger partial charge in [-0.2, -0.15) is 10.4 Å². The first-order chi connectivity index (χ1) is 14.9. The molecule has 0 saturated heterocycles. The Kier molecular flexibility index (Phi) is 6.89. The highest BCUT2D eigenvalue weighted by Crippen LogP contribution is 2.22. The number of aromatic nitrogens is 2. The summed E-state index contributed by atoms with van der Waals surface area (Å²) in [7, 11) is 0. The van der Waals surface area contributed by atoms with Gasteiger partial charge >= 0.3 is 0 Å². The van der Waals surface area contributed by atoms with E-state index in [1.165, 1.54) is 22.9 Å². The number of benzene rings is 2. The van der Waals surface area contributed by atoms with Crippen LogP contribution >= 0.6 is 15.9 Å². The van der Waals surface area contributed by atoms with Gasteiger partial charge < -0.3 is 5.32 Å². The Morgan fingerprint density at radius 1 is 1.19 bits per heavy atom. The predicted molar refractivity (Wildman–Crippen MR) is 117 cm³/mol. The summed E-state index contributed by atoms with van der Waals surface area (Å²) < 4.78 is 2.24. The SMILES string of the molecule is N#Cc1cc([N+](=O)[O-])ccc1NC(=O)CCCn1nc(-c2ccc(Br)cc2)ccc1=O. The van der Waals surface area contributed by atoms with Gasteiger partial charge in [-0.1, -0.05) is 28.1 Å². The molecule has 0 saturated carbocycles. The molecule has 0 aliphatic rings. The number of halogens is 1. The molecule has 10 heteroatoms. The molecule has 1 heterocycles. The van der Waals surface area contributed by atoms with Gasteiger partial charge in [0.1, 0.15) is 6.07 Å². The van der Waals surface area contributed by atoms with Gasteiger partial charge in [-0.15, -0.1) is 0 Å². The van der Waals surface area contributed by atoms with Crippen LogP contribution in [0.15, 0.2) is 63.9 Å². The van der Waals surface area contributed by atoms with Crippen LogP contribution < -0.4 is 10.9 Å². The van der Waals surface area contributed by atoms with Gasteiger partial charge in [0.15, 0.2) is 0 Å². The smallest absolute Gasteiger partial charge is 0.270 e. The van der Waals surface area contributed by atoms with E-state index in [4.69, 9.17) is 5.26 Å². The molecule has 0 aliphatic heterocycles. The van der Waals surface area contributed by atoms with Gasteiger partial charge in [0.25, 0.3) is 11.2 Å². The molecule has 0 radical (unpaired) electrons. The Morgan fingerprint density at radius 2 is 1.94 bits per heavy atom. The summed E-state index contributed by atoms with van der Waals surface area (Å²) in [6.45, 7) is 0.238. The maximum atomic E-state index is 12.2. The van der Waals surface area contributed by atoms with Crippen molar-refractivity contribution in [2.24, 2.45) is 0 Å². The number of carbonyl (C=O) groups is 1. The summed E-state index contributed by atoms with van der Waals surface area (Å²) >= 11 is 3.37. The lowest BCUT2D eigenvalue weighted by atomic mass is 10.1. The minimum Gasteiger partial charge on any atom is -0.325 e. The number of nitro groups is 1. The Hall–Kier alpha value is -3.84. The fraction of sp³-hybridized carbons (Fsp3) is 0.143. The highest BCUT2D eigenvalue weighted by atomic mass is 79.9. The van der Waals surface area contributed by atoms with Gasteiger partial charge in [0, 0.05) is 41.2 Å². The van der Waals surface area contributed by atoms with Gasteiger partial charge in [-0.05, 0) is 30.7 Å². The molecular weight excluding hydrogens is 466 g/mol. The molecule has 1 N–H and O–H groups in total. The first-order valence-corrected chi connectivity index (χ1v) is 9.99. The number of nitrogens with one attached hydrogen (secondary N) is 1. The summed E-state index contributed by atoms with van der Waals surface area (Å²) in [5.74, 6) is -0.373. The second-order valence-electron chi connectivity index (χ2n) is 6.54. The van der Waals surface area contributed by atoms with Crippen LogP contribution in [0.1, 0.15) is 18.4 Å². The van der Waals surface area contributed by atoms with Crippen molar-refractivity contribution in [2.75, 3.05) is 5.32 Å². The number of anilines is 1. The minimum absolute atomic E-state index is 0.00244. The molecule has 31 heavy (non-hydrogen) atoms. The average Bonchev–Trinajstić information content (AvgIpc) is 2.75. The summed E-state index contributed by atoms with van der Waals surface area (Å²) in [5.41, 5.74) is 1.19. The number of amides is 1. The number of nitro benzene ring substituents is 1. The Balaban J connectivity index is 1.63. The lowest BCUT2D eigenvalue weighted by Gasteiger charge is -2.09. The van der Waals surface area contributed by atoms with Crippen LogP contribution in [0, 0.1) is 21.4 Å². The lowest BCUT2D eigenvalue weighted by molar-refractivity contribution is -0.384. The number of non-ortho nitro benzene ring substituents is 1. The monoisotopic (exact) mass is 481 g/mol. The second-order valence-corrected chi connectivity index (χ2v) is 7.45. The normalized spacial score (nSPS) is 10.3. The third kappa shape index (κ3) is 5.61. The van der Waals surface area contributed by atoms with E-state index in [1.807, 2.05) is 30.3 Å². The van der Waals surface area contributed by atoms with Crippen molar-refractivity contribution in [1.29, 1.82) is 5.26 Å². The van der Waals surface area contributed by atoms with Crippen LogP contribution in [0.25, 0.3) is 11.3 Å². The quantitative estimate of drug-likeness (QED) is 0.402. The molecule has 156 valence electrons. The summed E-state index contributed by atoms with van der Waals surface area (Å²) in [5, 5.41) is 26.9. The zero-order chi connectivity index (χ0) is 22.4. The van der Waals surface area contributed by atoms with Gasteiger partial charge in [-0.25, -0.2) is 4.68 Å². The molecular formula is C21H16BrN5O4. The lowest BCUT2D eigenvalue weighted by Crippen LogP contribution is -2.23. The summed E-state index contributed by atoms with van der Waals surface area (Å²) in [4.78, 5) is 34.5. The molecule has 0 spiro atoms. The zero-order valence-corrected chi connectivity index (χ0v) is 17.7. The largest absolute Gasteiger partial charge is 0.325 e. The fourth-order valence-electron chi connectivity index (χ4n) is 2.83. The average molecular weight is 482 g/mol. The van der Waals surface area contributed by atoms with Crippen LogP contribution in [-0.2, 0) is 11.3 Å². The van der Waals surface area contributed by atoms with Gasteiger partial charge in [0.05, 0.1) is 21.9 Å². The van der Waals surface area contributed by atoms with E-state index in [9.17, 15) is 19.7 Å². The Labute approximate surface area is 185 Å². The third-order valence-electron chi connectivity index (χ3n) is 4.39. The number of hydrogen-bond acceptors (Lipinski definition) is 6. The first-order valence-electron chi connectivity index (χ1n) is 9.20. The molecule has 1 amide bonds. The molecule has 2 aromatic carbocycles. The maximum Gasteiger partial charge on any atom is 0.270 e. The molecule has 1 aromatic heterocycles. The van der Waals surface area contributed by atoms with E-state index >= 15 is 0 Å². The van der Waals surface area contributed by atoms with Crippen molar-refractivity contribution in [2.45, 2.75) is 19.4 Å². The van der Waals surface area contributed by atoms with Gasteiger partial charge in [-0.3, -0.25) is 19.7 Å². The molecule has 0 fully saturated rings. The first kappa shape index (κ1) is 21.9. The number of aryl methyl sites for hydroxylation is 1. The molecule has 3 aromatic rings. The van der Waals surface area contributed by atoms with E-state index in [0.717, 1.165) is 16.1 Å². The number of nitrogens with zero attached hydrogens (tertiary/aromatic N) is 4. The van der Waals surface area contributed by atoms with Crippen LogP contribution in [-0.4, -0.2) is 20.6 Å². The van der Waals surface area contributed by atoms with Crippen LogP contribution in [0.4, 0.5) is 11.4 Å². The van der Waals surface area contributed by atoms with E-state index in [-0.39, 0.29) is 41.4 Å². The Bertz CT molecular complexity index is 1230. The second kappa shape index (κ2) is 9.77. The maximum absolute atomic E-state index is 12.2. The van der Waals surface area contributed by atoms with E-state index in [2.05, 4.69) is 26.3 Å². The van der Waals surface area contributed by atoms with Crippen LogP contribution in [0.3, 0.4) is 0 Å². The molecule has 0 bridgehead atoms. The van der Waals surface area contributed by atoms with Gasteiger partial charge in [0.2, 0.25) is 5.91 Å². The number of rotatable bonds is 7. The fourth-order valence-corrected chi connectivity index (χ4v) is 3.10. The standard InChI is InChI=1S/C21H16BrN5O4/c22-16-5-3-14(4-6-16)19-9-10-21(29)26(25-19)11-1-2-20(28)24-18-8-7-17(27(30)31)12-15(18)13-23/h3-10,12H,1-2,11H2,(H,24,28). The highest BCUT2D eigenvalue weighted by molar-refractivity contribution is 9.10. The van der Waals surface area contributed by atoms with E-state index in [1.54, 1.807) is 6.07 Å². The molecule has 0 aliphatic carbocycles. The summed E-state index contributed by atoms with van der Waals surface area (Å²) in [6, 6.07) is 16.1. The third-order valence-corrected chi connectivity index (χ3v) is 4.92. The topological polar surface area (TPSA) is 131 Å². The van der Waals surface area contributed by atoms with Crippen molar-refractivity contribution < 1.29 is 9.72 Å². The minimum atomic E-state index is -0.612. The summed E-state index contributed by atoms with van der Waals surface area (Å²) in [6.07, 6.45) is 0.426. The van der Waals surface area contributed by atoms with Crippen molar-refractivity contribution >= 4 is 33.2 Å². The van der Waals surface area contributed by atoms with Crippen molar-refractivity contribution in [1.82, 2.24) is 9.78 Å². The molecule has 0 atom stereocenters. The van der Waals surface area contributed by atoms with Crippen LogP contribution in [0.2, 0.25) is 0 Å². The number of nitriles is 1. The van der Waals surface area contributed by atoms with Crippen molar-refractivity contribution in [3.8, 4) is 17.3 Å².